The molecule has 0 atom stereocenters. The molecule has 23 heavy (non-hydrogen) atoms. The Kier molecular flexibility index (Phi) is 4.71. The molecule has 1 aliphatic rings. The maximum atomic E-state index is 12.2. The number of ether oxygens (including phenoxy) is 1. The second kappa shape index (κ2) is 7.09. The van der Waals surface area contributed by atoms with Crippen LogP contribution in [0.1, 0.15) is 30.3 Å². The molecule has 120 valence electrons. The molecule has 0 bridgehead atoms. The number of nitrogens with one attached hydrogen (secondary N) is 1. The first-order valence-electron chi connectivity index (χ1n) is 7.87. The summed E-state index contributed by atoms with van der Waals surface area (Å²) in [5, 5.41) is 2.81. The molecule has 1 amide bonds. The van der Waals surface area contributed by atoms with E-state index in [0.29, 0.717) is 18.0 Å². The highest BCUT2D eigenvalue weighted by Crippen LogP contribution is 2.18. The van der Waals surface area contributed by atoms with Gasteiger partial charge in [0.1, 0.15) is 17.3 Å². The van der Waals surface area contributed by atoms with Gasteiger partial charge >= 0.3 is 0 Å². The summed E-state index contributed by atoms with van der Waals surface area (Å²) in [5.41, 5.74) is 1.01. The van der Waals surface area contributed by atoms with Crippen molar-refractivity contribution >= 4 is 17.4 Å². The van der Waals surface area contributed by atoms with Crippen molar-refractivity contribution in [3.63, 3.8) is 0 Å². The standard InChI is InChI=1S/C17H20N4O2/c1-2-23-14-7-5-13(6-8-14)20-17(22)15-11-19-16(12-18-15)21-9-3-4-10-21/h5-8,11-12H,2-4,9-10H2,1H3,(H,20,22). The van der Waals surface area contributed by atoms with E-state index in [1.165, 1.54) is 19.0 Å². The van der Waals surface area contributed by atoms with Crippen molar-refractivity contribution in [1.82, 2.24) is 9.97 Å². The van der Waals surface area contributed by atoms with Crippen molar-refractivity contribution in [1.29, 1.82) is 0 Å². The second-order valence-electron chi connectivity index (χ2n) is 5.37. The van der Waals surface area contributed by atoms with Crippen LogP contribution in [0.5, 0.6) is 5.75 Å². The number of aromatic nitrogens is 2. The molecule has 1 fully saturated rings. The number of hydrogen-bond donors (Lipinski definition) is 1. The van der Waals surface area contributed by atoms with Crippen molar-refractivity contribution in [2.45, 2.75) is 19.8 Å². The van der Waals surface area contributed by atoms with Crippen LogP contribution in [-0.2, 0) is 0 Å². The molecular weight excluding hydrogens is 292 g/mol. The van der Waals surface area contributed by atoms with Crippen LogP contribution in [0.2, 0.25) is 0 Å². The minimum Gasteiger partial charge on any atom is -0.494 e. The summed E-state index contributed by atoms with van der Waals surface area (Å²) < 4.78 is 5.37. The quantitative estimate of drug-likeness (QED) is 0.919. The summed E-state index contributed by atoms with van der Waals surface area (Å²) in [6.45, 7) is 4.56. The van der Waals surface area contributed by atoms with Gasteiger partial charge in [-0.2, -0.15) is 0 Å². The third-order valence-corrected chi connectivity index (χ3v) is 3.72. The van der Waals surface area contributed by atoms with Gasteiger partial charge in [0, 0.05) is 18.8 Å². The normalized spacial score (nSPS) is 13.9. The Labute approximate surface area is 135 Å². The molecule has 1 aromatic heterocycles. The monoisotopic (exact) mass is 312 g/mol. The number of amides is 1. The zero-order chi connectivity index (χ0) is 16.1. The maximum Gasteiger partial charge on any atom is 0.275 e. The summed E-state index contributed by atoms with van der Waals surface area (Å²) >= 11 is 0. The van der Waals surface area contributed by atoms with Crippen LogP contribution in [-0.4, -0.2) is 35.6 Å². The summed E-state index contributed by atoms with van der Waals surface area (Å²) in [7, 11) is 0. The number of carbonyl (C=O) groups excluding carboxylic acids is 1. The number of carbonyl (C=O) groups is 1. The highest BCUT2D eigenvalue weighted by Gasteiger charge is 2.15. The second-order valence-corrected chi connectivity index (χ2v) is 5.37. The van der Waals surface area contributed by atoms with Crippen molar-refractivity contribution in [2.75, 3.05) is 29.9 Å². The molecule has 0 radical (unpaired) electrons. The number of rotatable bonds is 5. The number of benzene rings is 1. The van der Waals surface area contributed by atoms with Crippen LogP contribution in [0.4, 0.5) is 11.5 Å². The lowest BCUT2D eigenvalue weighted by atomic mass is 10.3. The van der Waals surface area contributed by atoms with Crippen LogP contribution in [0, 0.1) is 0 Å². The molecule has 3 rings (SSSR count). The molecule has 2 heterocycles. The summed E-state index contributed by atoms with van der Waals surface area (Å²) in [5.74, 6) is 1.34. The molecule has 0 aliphatic carbocycles. The Balaban J connectivity index is 1.63. The minimum absolute atomic E-state index is 0.269. The Hall–Kier alpha value is -2.63. The van der Waals surface area contributed by atoms with Crippen LogP contribution in [0.3, 0.4) is 0 Å². The first-order valence-corrected chi connectivity index (χ1v) is 7.87. The molecule has 1 N–H and O–H groups in total. The van der Waals surface area contributed by atoms with E-state index in [4.69, 9.17) is 4.74 Å². The molecule has 6 heteroatoms. The lowest BCUT2D eigenvalue weighted by Gasteiger charge is -2.15. The van der Waals surface area contributed by atoms with Crippen LogP contribution in [0.15, 0.2) is 36.7 Å². The fourth-order valence-corrected chi connectivity index (χ4v) is 2.54. The van der Waals surface area contributed by atoms with Crippen molar-refractivity contribution in [3.8, 4) is 5.75 Å². The van der Waals surface area contributed by atoms with E-state index in [-0.39, 0.29) is 5.91 Å². The largest absolute Gasteiger partial charge is 0.494 e. The van der Waals surface area contributed by atoms with E-state index < -0.39 is 0 Å². The Morgan fingerprint density at radius 2 is 1.91 bits per heavy atom. The number of nitrogens with zero attached hydrogens (tertiary/aromatic N) is 3. The molecule has 6 nitrogen and oxygen atoms in total. The van der Waals surface area contributed by atoms with Gasteiger partial charge in [-0.25, -0.2) is 9.97 Å². The predicted octanol–water partition coefficient (Wildman–Crippen LogP) is 2.73. The van der Waals surface area contributed by atoms with Crippen molar-refractivity contribution in [2.24, 2.45) is 0 Å². The zero-order valence-corrected chi connectivity index (χ0v) is 13.2. The molecule has 1 aromatic carbocycles. The van der Waals surface area contributed by atoms with Gasteiger partial charge in [0.2, 0.25) is 0 Å². The molecule has 0 spiro atoms. The van der Waals surface area contributed by atoms with E-state index >= 15 is 0 Å². The Bertz CT molecular complexity index is 649. The lowest BCUT2D eigenvalue weighted by Crippen LogP contribution is -2.20. The van der Waals surface area contributed by atoms with Crippen LogP contribution in [0.25, 0.3) is 0 Å². The van der Waals surface area contributed by atoms with Gasteiger partial charge in [0.05, 0.1) is 19.0 Å². The average Bonchev–Trinajstić information content (AvgIpc) is 3.11. The van der Waals surface area contributed by atoms with Gasteiger partial charge in [-0.05, 0) is 44.0 Å². The van der Waals surface area contributed by atoms with E-state index in [2.05, 4.69) is 20.2 Å². The van der Waals surface area contributed by atoms with Crippen molar-refractivity contribution in [3.05, 3.63) is 42.4 Å². The van der Waals surface area contributed by atoms with Gasteiger partial charge in [-0.1, -0.05) is 0 Å². The van der Waals surface area contributed by atoms with Crippen molar-refractivity contribution < 1.29 is 9.53 Å². The Morgan fingerprint density at radius 3 is 2.52 bits per heavy atom. The molecule has 2 aromatic rings. The van der Waals surface area contributed by atoms with E-state index in [0.717, 1.165) is 24.7 Å². The maximum absolute atomic E-state index is 12.2. The third kappa shape index (κ3) is 3.77. The van der Waals surface area contributed by atoms with Gasteiger partial charge in [0.25, 0.3) is 5.91 Å². The fraction of sp³-hybridized carbons (Fsp3) is 0.353. The first kappa shape index (κ1) is 15.3. The molecule has 0 saturated carbocycles. The molecular formula is C17H20N4O2. The number of anilines is 2. The van der Waals surface area contributed by atoms with Crippen LogP contribution < -0.4 is 15.0 Å². The van der Waals surface area contributed by atoms with Gasteiger partial charge in [-0.15, -0.1) is 0 Å². The zero-order valence-electron chi connectivity index (χ0n) is 13.2. The summed E-state index contributed by atoms with van der Waals surface area (Å²) in [4.78, 5) is 23.0. The predicted molar refractivity (Wildman–Crippen MR) is 89.0 cm³/mol. The summed E-state index contributed by atoms with van der Waals surface area (Å²) in [6, 6.07) is 7.24. The van der Waals surface area contributed by atoms with E-state index in [1.54, 1.807) is 18.3 Å². The lowest BCUT2D eigenvalue weighted by molar-refractivity contribution is 0.102. The highest BCUT2D eigenvalue weighted by molar-refractivity contribution is 6.02. The van der Waals surface area contributed by atoms with E-state index in [9.17, 15) is 4.79 Å². The van der Waals surface area contributed by atoms with Gasteiger partial charge < -0.3 is 15.0 Å². The van der Waals surface area contributed by atoms with E-state index in [1.807, 2.05) is 19.1 Å². The smallest absolute Gasteiger partial charge is 0.275 e. The molecule has 1 aliphatic heterocycles. The number of hydrogen-bond acceptors (Lipinski definition) is 5. The Morgan fingerprint density at radius 1 is 1.17 bits per heavy atom. The first-order chi connectivity index (χ1) is 11.3. The SMILES string of the molecule is CCOc1ccc(NC(=O)c2cnc(N3CCCC3)cn2)cc1. The summed E-state index contributed by atoms with van der Waals surface area (Å²) in [6.07, 6.45) is 5.55. The molecule has 0 unspecified atom stereocenters. The fourth-order valence-electron chi connectivity index (χ4n) is 2.54. The minimum atomic E-state index is -0.269. The van der Waals surface area contributed by atoms with Gasteiger partial charge in [-0.3, -0.25) is 4.79 Å². The van der Waals surface area contributed by atoms with Crippen LogP contribution >= 0.6 is 0 Å². The van der Waals surface area contributed by atoms with Gasteiger partial charge in [0.15, 0.2) is 0 Å². The third-order valence-electron chi connectivity index (χ3n) is 3.72. The highest BCUT2D eigenvalue weighted by atomic mass is 16.5. The average molecular weight is 312 g/mol. The molecule has 1 saturated heterocycles. The topological polar surface area (TPSA) is 67.3 Å².